The molecule has 0 unspecified atom stereocenters. The minimum atomic E-state index is -0.149. The van der Waals surface area contributed by atoms with Crippen LogP contribution in [-0.2, 0) is 0 Å². The van der Waals surface area contributed by atoms with E-state index in [2.05, 4.69) is 16.4 Å². The molecule has 3 heterocycles. The van der Waals surface area contributed by atoms with E-state index in [1.807, 2.05) is 29.3 Å². The number of benzene rings is 2. The van der Waals surface area contributed by atoms with Crippen LogP contribution in [0.25, 0.3) is 10.9 Å². The number of fused-ring (bicyclic) bond motifs is 3. The minimum Gasteiger partial charge on any atom is -0.508 e. The van der Waals surface area contributed by atoms with E-state index in [0.717, 1.165) is 29.3 Å². The van der Waals surface area contributed by atoms with Gasteiger partial charge in [0.1, 0.15) is 11.5 Å². The Balaban J connectivity index is 1.71. The zero-order valence-electron chi connectivity index (χ0n) is 14.1. The molecule has 1 saturated heterocycles. The summed E-state index contributed by atoms with van der Waals surface area (Å²) in [6.45, 7) is 0.680. The fourth-order valence-corrected chi connectivity index (χ4v) is 4.37. The molecular weight excluding hydrogens is 330 g/mol. The van der Waals surface area contributed by atoms with E-state index in [1.165, 1.54) is 12.1 Å². The van der Waals surface area contributed by atoms with Crippen LogP contribution in [-0.4, -0.2) is 38.6 Å². The molecule has 5 rings (SSSR count). The predicted octanol–water partition coefficient (Wildman–Crippen LogP) is 3.35. The molecule has 26 heavy (non-hydrogen) atoms. The lowest BCUT2D eigenvalue weighted by atomic mass is 9.97. The summed E-state index contributed by atoms with van der Waals surface area (Å²) in [5.74, 6) is -0.374. The highest BCUT2D eigenvalue weighted by Crippen LogP contribution is 2.43. The lowest BCUT2D eigenvalue weighted by molar-refractivity contribution is 0.0731. The number of hydrogen-bond donors (Lipinski definition) is 4. The zero-order valence-corrected chi connectivity index (χ0v) is 14.1. The third-order valence-electron chi connectivity index (χ3n) is 5.53. The molecule has 3 aromatic rings. The molecule has 0 spiro atoms. The minimum absolute atomic E-state index is 0.00403. The average Bonchev–Trinajstić information content (AvgIpc) is 3.25. The van der Waals surface area contributed by atoms with Gasteiger partial charge in [-0.15, -0.1) is 0 Å². The van der Waals surface area contributed by atoms with Gasteiger partial charge in [0.15, 0.2) is 0 Å². The van der Waals surface area contributed by atoms with Crippen molar-refractivity contribution in [2.75, 3.05) is 11.9 Å². The smallest absolute Gasteiger partial charge is 0.256 e. The summed E-state index contributed by atoms with van der Waals surface area (Å²) in [6.07, 6.45) is 3.81. The van der Waals surface area contributed by atoms with E-state index < -0.39 is 0 Å². The number of H-pyrrole nitrogens is 1. The number of phenols is 2. The second kappa shape index (κ2) is 5.42. The number of rotatable bonds is 1. The Morgan fingerprint density at radius 2 is 2.00 bits per heavy atom. The van der Waals surface area contributed by atoms with Crippen molar-refractivity contribution in [2.45, 2.75) is 24.9 Å². The molecule has 0 aliphatic carbocycles. The highest BCUT2D eigenvalue weighted by molar-refractivity contribution is 6.03. The van der Waals surface area contributed by atoms with Gasteiger partial charge < -0.3 is 25.4 Å². The van der Waals surface area contributed by atoms with Crippen LogP contribution in [0.5, 0.6) is 11.5 Å². The van der Waals surface area contributed by atoms with Gasteiger partial charge in [0.05, 0.1) is 23.3 Å². The Labute approximate surface area is 150 Å². The van der Waals surface area contributed by atoms with Gasteiger partial charge in [-0.1, -0.05) is 18.2 Å². The first-order chi connectivity index (χ1) is 12.6. The second-order valence-corrected chi connectivity index (χ2v) is 7.01. The molecular formula is C20H19N3O3. The van der Waals surface area contributed by atoms with E-state index in [1.54, 1.807) is 0 Å². The molecule has 1 aromatic heterocycles. The Morgan fingerprint density at radius 1 is 1.15 bits per heavy atom. The molecule has 6 nitrogen and oxygen atoms in total. The van der Waals surface area contributed by atoms with Crippen LogP contribution in [0.4, 0.5) is 5.69 Å². The molecule has 0 bridgehead atoms. The second-order valence-electron chi connectivity index (χ2n) is 7.01. The molecule has 2 aromatic carbocycles. The molecule has 2 aliphatic heterocycles. The van der Waals surface area contributed by atoms with Crippen molar-refractivity contribution in [1.82, 2.24) is 9.88 Å². The average molecular weight is 349 g/mol. The number of phenolic OH excluding ortho intramolecular Hbond substituents is 2. The third-order valence-corrected chi connectivity index (χ3v) is 5.53. The number of para-hydroxylation sites is 1. The van der Waals surface area contributed by atoms with Crippen LogP contribution in [0.1, 0.15) is 34.8 Å². The van der Waals surface area contributed by atoms with E-state index in [0.29, 0.717) is 17.8 Å². The van der Waals surface area contributed by atoms with E-state index >= 15 is 0 Å². The number of anilines is 1. The van der Waals surface area contributed by atoms with Gasteiger partial charge in [0.25, 0.3) is 5.91 Å². The lowest BCUT2D eigenvalue weighted by Gasteiger charge is -2.29. The molecule has 2 aliphatic rings. The fraction of sp³-hybridized carbons (Fsp3) is 0.250. The van der Waals surface area contributed by atoms with Gasteiger partial charge >= 0.3 is 0 Å². The molecule has 6 heteroatoms. The Hall–Kier alpha value is -3.15. The molecule has 1 fully saturated rings. The monoisotopic (exact) mass is 349 g/mol. The topological polar surface area (TPSA) is 88.6 Å². The number of carbonyl (C=O) groups is 1. The van der Waals surface area contributed by atoms with Crippen molar-refractivity contribution < 1.29 is 15.0 Å². The summed E-state index contributed by atoms with van der Waals surface area (Å²) in [4.78, 5) is 18.2. The number of amides is 1. The molecule has 2 atom stereocenters. The van der Waals surface area contributed by atoms with Crippen LogP contribution in [0, 0.1) is 0 Å². The van der Waals surface area contributed by atoms with Crippen LogP contribution >= 0.6 is 0 Å². The summed E-state index contributed by atoms with van der Waals surface area (Å²) >= 11 is 0. The van der Waals surface area contributed by atoms with Crippen molar-refractivity contribution in [2.24, 2.45) is 0 Å². The maximum absolute atomic E-state index is 13.1. The largest absolute Gasteiger partial charge is 0.508 e. The zero-order chi connectivity index (χ0) is 17.8. The van der Waals surface area contributed by atoms with Crippen LogP contribution in [0.2, 0.25) is 0 Å². The number of nitrogens with one attached hydrogen (secondary N) is 2. The Bertz CT molecular complexity index is 1030. The molecule has 4 N–H and O–H groups in total. The standard InChI is InChI=1S/C20H19N3O3/c24-11-8-13-19(17(25)9-11)22-18(16-6-3-7-23(16)20(13)26)14-10-21-15-5-2-1-4-12(14)15/h1-2,4-5,8-10,16,18,21-22,24-25H,3,6-7H2/t16-,18-/m0/s1. The number of aromatic hydroxyl groups is 2. The van der Waals surface area contributed by atoms with Crippen molar-refractivity contribution >= 4 is 22.5 Å². The van der Waals surface area contributed by atoms with Crippen LogP contribution < -0.4 is 5.32 Å². The molecule has 1 amide bonds. The quantitative estimate of drug-likeness (QED) is 0.401. The number of carbonyl (C=O) groups excluding carboxylic acids is 1. The summed E-state index contributed by atoms with van der Waals surface area (Å²) < 4.78 is 0. The highest BCUT2D eigenvalue weighted by Gasteiger charge is 2.41. The molecule has 132 valence electrons. The molecule has 0 radical (unpaired) electrons. The van der Waals surface area contributed by atoms with Gasteiger partial charge in [-0.05, 0) is 25.0 Å². The van der Waals surface area contributed by atoms with Crippen LogP contribution in [0.15, 0.2) is 42.6 Å². The van der Waals surface area contributed by atoms with Gasteiger partial charge in [0.2, 0.25) is 0 Å². The first-order valence-corrected chi connectivity index (χ1v) is 8.83. The predicted molar refractivity (Wildman–Crippen MR) is 98.5 cm³/mol. The Morgan fingerprint density at radius 3 is 2.88 bits per heavy atom. The maximum Gasteiger partial charge on any atom is 0.256 e. The summed E-state index contributed by atoms with van der Waals surface area (Å²) in [5.41, 5.74) is 2.82. The van der Waals surface area contributed by atoms with Gasteiger partial charge in [-0.2, -0.15) is 0 Å². The Kier molecular flexibility index (Phi) is 3.16. The number of aromatic nitrogens is 1. The fourth-order valence-electron chi connectivity index (χ4n) is 4.37. The van der Waals surface area contributed by atoms with E-state index in [-0.39, 0.29) is 29.5 Å². The normalized spacial score (nSPS) is 22.0. The van der Waals surface area contributed by atoms with Gasteiger partial charge in [-0.3, -0.25) is 4.79 Å². The van der Waals surface area contributed by atoms with Crippen LogP contribution in [0.3, 0.4) is 0 Å². The number of nitrogens with zero attached hydrogens (tertiary/aromatic N) is 1. The van der Waals surface area contributed by atoms with Gasteiger partial charge in [0, 0.05) is 35.3 Å². The van der Waals surface area contributed by atoms with E-state index in [4.69, 9.17) is 0 Å². The third kappa shape index (κ3) is 2.08. The van der Waals surface area contributed by atoms with Crippen molar-refractivity contribution in [3.05, 3.63) is 53.7 Å². The highest BCUT2D eigenvalue weighted by atomic mass is 16.3. The summed E-state index contributed by atoms with van der Waals surface area (Å²) in [5, 5.41) is 24.7. The van der Waals surface area contributed by atoms with Gasteiger partial charge in [-0.25, -0.2) is 0 Å². The number of aromatic amines is 1. The van der Waals surface area contributed by atoms with Crippen molar-refractivity contribution in [3.8, 4) is 11.5 Å². The SMILES string of the molecule is O=C1c2cc(O)cc(O)c2N[C@@H](c2c[nH]c3ccccc23)[C@@H]2CCCN12. The summed E-state index contributed by atoms with van der Waals surface area (Å²) in [7, 11) is 0. The lowest BCUT2D eigenvalue weighted by Crippen LogP contribution is -2.38. The molecule has 0 saturated carbocycles. The first kappa shape index (κ1) is 15.1. The number of hydrogen-bond acceptors (Lipinski definition) is 4. The van der Waals surface area contributed by atoms with Crippen molar-refractivity contribution in [3.63, 3.8) is 0 Å². The first-order valence-electron chi connectivity index (χ1n) is 8.83. The summed E-state index contributed by atoms with van der Waals surface area (Å²) in [6, 6.07) is 10.6. The van der Waals surface area contributed by atoms with Crippen molar-refractivity contribution in [1.29, 1.82) is 0 Å². The van der Waals surface area contributed by atoms with E-state index in [9.17, 15) is 15.0 Å². The maximum atomic E-state index is 13.1.